The summed E-state index contributed by atoms with van der Waals surface area (Å²) in [7, 11) is -3.47. The highest BCUT2D eigenvalue weighted by molar-refractivity contribution is 7.88. The Hall–Kier alpha value is -3.12. The fourth-order valence-corrected chi connectivity index (χ4v) is 6.60. The molecule has 0 bridgehead atoms. The van der Waals surface area contributed by atoms with Crippen LogP contribution in [0, 0.1) is 11.6 Å². The minimum atomic E-state index is -3.47. The van der Waals surface area contributed by atoms with Gasteiger partial charge in [-0.15, -0.1) is 0 Å². The van der Waals surface area contributed by atoms with Crippen molar-refractivity contribution in [1.29, 1.82) is 0 Å². The van der Waals surface area contributed by atoms with Gasteiger partial charge >= 0.3 is 0 Å². The molecule has 0 aliphatic carbocycles. The molecular weight excluding hydrogens is 560 g/mol. The van der Waals surface area contributed by atoms with Crippen LogP contribution in [0.4, 0.5) is 20.2 Å². The third kappa shape index (κ3) is 7.75. The lowest BCUT2D eigenvalue weighted by molar-refractivity contribution is -0.116. The van der Waals surface area contributed by atoms with Gasteiger partial charge in [0.25, 0.3) is 0 Å². The molecular formula is C28H32ClF2N5O3S. The molecule has 12 heteroatoms. The number of halogens is 3. The molecule has 0 spiro atoms. The molecule has 0 unspecified atom stereocenters. The first-order valence-corrected chi connectivity index (χ1v) is 15.1. The Morgan fingerprint density at radius 1 is 1.18 bits per heavy atom. The molecule has 2 heterocycles. The van der Waals surface area contributed by atoms with Gasteiger partial charge in [0.15, 0.2) is 0 Å². The van der Waals surface area contributed by atoms with Crippen LogP contribution in [0.25, 0.3) is 0 Å². The molecule has 1 fully saturated rings. The van der Waals surface area contributed by atoms with Gasteiger partial charge in [0.05, 0.1) is 24.3 Å². The van der Waals surface area contributed by atoms with Gasteiger partial charge < -0.3 is 16.0 Å². The number of amides is 1. The van der Waals surface area contributed by atoms with Crippen molar-refractivity contribution in [3.63, 3.8) is 0 Å². The fourth-order valence-electron chi connectivity index (χ4n) is 5.03. The van der Waals surface area contributed by atoms with Crippen LogP contribution in [-0.4, -0.2) is 61.1 Å². The number of benzene rings is 2. The highest BCUT2D eigenvalue weighted by atomic mass is 35.5. The van der Waals surface area contributed by atoms with Crippen molar-refractivity contribution in [3.8, 4) is 0 Å². The quantitative estimate of drug-likeness (QED) is 0.326. The van der Waals surface area contributed by atoms with Crippen LogP contribution in [0.2, 0.25) is 5.02 Å². The second-order valence-corrected chi connectivity index (χ2v) is 12.3. The highest BCUT2D eigenvalue weighted by Crippen LogP contribution is 2.25. The average Bonchev–Trinajstić information content (AvgIpc) is 2.88. The summed E-state index contributed by atoms with van der Waals surface area (Å²) in [6.07, 6.45) is 4.51. The fraction of sp³-hybridized carbons (Fsp3) is 0.357. The summed E-state index contributed by atoms with van der Waals surface area (Å²) < 4.78 is 55.3. The minimum Gasteiger partial charge on any atom is -0.372 e. The number of rotatable bonds is 10. The Labute approximate surface area is 238 Å². The number of aromatic nitrogens is 1. The third-order valence-corrected chi connectivity index (χ3v) is 8.50. The molecule has 1 amide bonds. The van der Waals surface area contributed by atoms with E-state index >= 15 is 4.39 Å². The van der Waals surface area contributed by atoms with Crippen molar-refractivity contribution >= 4 is 38.9 Å². The lowest BCUT2D eigenvalue weighted by Crippen LogP contribution is -2.58. The molecule has 0 radical (unpaired) electrons. The van der Waals surface area contributed by atoms with Gasteiger partial charge in [0, 0.05) is 47.9 Å². The van der Waals surface area contributed by atoms with Crippen molar-refractivity contribution in [2.45, 2.75) is 44.3 Å². The van der Waals surface area contributed by atoms with E-state index in [1.54, 1.807) is 30.3 Å². The summed E-state index contributed by atoms with van der Waals surface area (Å²) in [5.74, 6) is -1.51. The first-order chi connectivity index (χ1) is 19.0. The Morgan fingerprint density at radius 2 is 1.93 bits per heavy atom. The molecule has 1 saturated heterocycles. The first kappa shape index (κ1) is 29.9. The van der Waals surface area contributed by atoms with Gasteiger partial charge in [-0.05, 0) is 55.7 Å². The minimum absolute atomic E-state index is 0.209. The Morgan fingerprint density at radius 3 is 2.62 bits per heavy atom. The molecule has 4 rings (SSSR count). The molecule has 3 atom stereocenters. The molecule has 40 heavy (non-hydrogen) atoms. The lowest BCUT2D eigenvalue weighted by atomic mass is 10.0. The summed E-state index contributed by atoms with van der Waals surface area (Å²) in [5, 5.41) is 9.64. The van der Waals surface area contributed by atoms with E-state index < -0.39 is 33.6 Å². The zero-order chi connectivity index (χ0) is 28.9. The van der Waals surface area contributed by atoms with E-state index in [0.29, 0.717) is 35.8 Å². The van der Waals surface area contributed by atoms with Gasteiger partial charge in [-0.3, -0.25) is 9.78 Å². The SMILES string of the molecule is C[C@H]1CNC[C@H](CCc2c(F)cncc2N[C@@H](Cc2ccc(Cl)cc2)C(=O)Nc2cccc(F)c2)N1S(C)(=O)=O. The van der Waals surface area contributed by atoms with E-state index in [1.807, 2.05) is 6.92 Å². The van der Waals surface area contributed by atoms with Gasteiger partial charge in [-0.2, -0.15) is 4.31 Å². The van der Waals surface area contributed by atoms with E-state index in [0.717, 1.165) is 11.8 Å². The molecule has 0 saturated carbocycles. The van der Waals surface area contributed by atoms with Crippen molar-refractivity contribution in [3.05, 3.63) is 88.7 Å². The summed E-state index contributed by atoms with van der Waals surface area (Å²) >= 11 is 6.02. The maximum Gasteiger partial charge on any atom is 0.247 e. The van der Waals surface area contributed by atoms with Gasteiger partial charge in [-0.25, -0.2) is 17.2 Å². The molecule has 214 valence electrons. The highest BCUT2D eigenvalue weighted by Gasteiger charge is 2.34. The van der Waals surface area contributed by atoms with E-state index in [1.165, 1.54) is 35.0 Å². The molecule has 2 aromatic carbocycles. The number of anilines is 2. The second-order valence-electron chi connectivity index (χ2n) is 9.97. The van der Waals surface area contributed by atoms with Crippen LogP contribution in [-0.2, 0) is 27.7 Å². The molecule has 1 aliphatic heterocycles. The molecule has 8 nitrogen and oxygen atoms in total. The number of nitrogens with one attached hydrogen (secondary N) is 3. The predicted octanol–water partition coefficient (Wildman–Crippen LogP) is 4.23. The van der Waals surface area contributed by atoms with Crippen LogP contribution >= 0.6 is 11.6 Å². The summed E-state index contributed by atoms with van der Waals surface area (Å²) in [5.41, 5.74) is 1.69. The molecule has 1 aliphatic rings. The Kier molecular flexibility index (Phi) is 9.72. The maximum atomic E-state index is 15.1. The summed E-state index contributed by atoms with van der Waals surface area (Å²) in [4.78, 5) is 17.4. The standard InChI is InChI=1S/C28H32ClF2N5O3S/c1-18-14-32-15-23(36(18)40(2,38)39)10-11-24-25(31)16-33-17-27(24)35-26(12-19-6-8-20(29)9-7-19)28(37)34-22-5-3-4-21(30)13-22/h3-9,13,16-18,23,26,32,35H,10-12,14-15H2,1-2H3,(H,34,37)/t18-,23-,26-/m0/s1. The Balaban J connectivity index is 1.58. The number of carbonyl (C=O) groups excluding carboxylic acids is 1. The maximum absolute atomic E-state index is 15.1. The number of carbonyl (C=O) groups is 1. The topological polar surface area (TPSA) is 103 Å². The predicted molar refractivity (Wildman–Crippen MR) is 153 cm³/mol. The zero-order valence-electron chi connectivity index (χ0n) is 22.2. The normalized spacial score (nSPS) is 18.7. The second kappa shape index (κ2) is 13.0. The van der Waals surface area contributed by atoms with E-state index in [4.69, 9.17) is 11.6 Å². The number of hydrogen-bond donors (Lipinski definition) is 3. The Bertz CT molecular complexity index is 1440. The van der Waals surface area contributed by atoms with Crippen LogP contribution in [0.5, 0.6) is 0 Å². The van der Waals surface area contributed by atoms with Gasteiger partial charge in [0.1, 0.15) is 17.7 Å². The largest absolute Gasteiger partial charge is 0.372 e. The van der Waals surface area contributed by atoms with Crippen molar-refractivity contribution in [1.82, 2.24) is 14.6 Å². The molecule has 3 aromatic rings. The van der Waals surface area contributed by atoms with Crippen molar-refractivity contribution in [2.24, 2.45) is 0 Å². The van der Waals surface area contributed by atoms with E-state index in [-0.39, 0.29) is 30.6 Å². The number of hydrogen-bond acceptors (Lipinski definition) is 6. The summed E-state index contributed by atoms with van der Waals surface area (Å²) in [6.45, 7) is 2.81. The monoisotopic (exact) mass is 591 g/mol. The van der Waals surface area contributed by atoms with Gasteiger partial charge in [0.2, 0.25) is 15.9 Å². The zero-order valence-corrected chi connectivity index (χ0v) is 23.8. The number of nitrogens with zero attached hydrogens (tertiary/aromatic N) is 2. The van der Waals surface area contributed by atoms with E-state index in [9.17, 15) is 17.6 Å². The molecule has 1 aromatic heterocycles. The van der Waals surface area contributed by atoms with Crippen LogP contribution < -0.4 is 16.0 Å². The lowest BCUT2D eigenvalue weighted by Gasteiger charge is -2.39. The first-order valence-electron chi connectivity index (χ1n) is 12.9. The van der Waals surface area contributed by atoms with E-state index in [2.05, 4.69) is 20.9 Å². The number of piperazine rings is 1. The average molecular weight is 592 g/mol. The van der Waals surface area contributed by atoms with Crippen molar-refractivity contribution in [2.75, 3.05) is 30.0 Å². The van der Waals surface area contributed by atoms with Crippen molar-refractivity contribution < 1.29 is 22.0 Å². The van der Waals surface area contributed by atoms with Crippen LogP contribution in [0.15, 0.2) is 60.9 Å². The number of sulfonamides is 1. The smallest absolute Gasteiger partial charge is 0.247 e. The van der Waals surface area contributed by atoms with Crippen LogP contribution in [0.1, 0.15) is 24.5 Å². The molecule has 3 N–H and O–H groups in total. The number of pyridine rings is 1. The van der Waals surface area contributed by atoms with Gasteiger partial charge in [-0.1, -0.05) is 29.8 Å². The summed E-state index contributed by atoms with van der Waals surface area (Å²) in [6, 6.07) is 11.1. The third-order valence-electron chi connectivity index (χ3n) is 6.82. The van der Waals surface area contributed by atoms with Crippen LogP contribution in [0.3, 0.4) is 0 Å².